The molecule has 0 aromatic heterocycles. The van der Waals surface area contributed by atoms with Crippen molar-refractivity contribution in [3.05, 3.63) is 43.1 Å². The Kier molecular flexibility index (Phi) is 6.84. The topological polar surface area (TPSA) is 0 Å². The van der Waals surface area contributed by atoms with Gasteiger partial charge in [0.25, 0.3) is 0 Å². The predicted octanol–water partition coefficient (Wildman–Crippen LogP) is -3.27. The van der Waals surface area contributed by atoms with Crippen LogP contribution in [0.5, 0.6) is 0 Å². The molecule has 0 amide bonds. The van der Waals surface area contributed by atoms with Crippen LogP contribution in [0.2, 0.25) is 0 Å². The summed E-state index contributed by atoms with van der Waals surface area (Å²) < 4.78 is 7.72. The maximum atomic E-state index is 4.40. The molecule has 0 saturated heterocycles. The molecule has 0 aliphatic heterocycles. The van der Waals surface area contributed by atoms with Crippen molar-refractivity contribution in [1.29, 1.82) is 0 Å². The minimum Gasteiger partial charge on any atom is -1.00 e. The summed E-state index contributed by atoms with van der Waals surface area (Å²) in [6.07, 6.45) is 15.8. The molecule has 0 aromatic rings. The van der Waals surface area contributed by atoms with Gasteiger partial charge < -0.3 is 24.8 Å². The summed E-state index contributed by atoms with van der Waals surface area (Å²) in [7, 11) is 0. The van der Waals surface area contributed by atoms with Crippen molar-refractivity contribution in [2.24, 2.45) is 0 Å². The zero-order chi connectivity index (χ0) is 8.39. The first kappa shape index (κ1) is 14.3. The van der Waals surface area contributed by atoms with Crippen molar-refractivity contribution >= 4 is 4.26 Å². The van der Waals surface area contributed by atoms with Crippen LogP contribution in [0, 0.1) is 0 Å². The van der Waals surface area contributed by atoms with Gasteiger partial charge in [0.05, 0.1) is 0 Å². The van der Waals surface area contributed by atoms with Crippen molar-refractivity contribution in [3.8, 4) is 0 Å². The van der Waals surface area contributed by atoms with E-state index in [0.717, 1.165) is 0 Å². The molecule has 0 fully saturated rings. The van der Waals surface area contributed by atoms with Crippen molar-refractivity contribution < 1.29 is 45.8 Å². The van der Waals surface area contributed by atoms with Crippen LogP contribution in [-0.2, 0) is 21.0 Å². The van der Waals surface area contributed by atoms with Gasteiger partial charge in [-0.2, -0.15) is 0 Å². The maximum Gasteiger partial charge on any atom is -1.00 e. The van der Waals surface area contributed by atoms with Gasteiger partial charge in [-0.25, -0.2) is 0 Å². The SMILES string of the molecule is [CH2]=[Hf+2]([C]1=CC=CC1)[C]1=CC=CC1.[Cl-].[Cl-]. The first-order chi connectivity index (χ1) is 5.88. The molecule has 0 N–H and O–H groups in total. The Morgan fingerprint density at radius 2 is 1.36 bits per heavy atom. The van der Waals surface area contributed by atoms with E-state index in [0.29, 0.717) is 0 Å². The Hall–Kier alpha value is 0.280. The second kappa shape index (κ2) is 6.71. The molecule has 74 valence electrons. The van der Waals surface area contributed by atoms with E-state index < -0.39 is 21.0 Å². The second-order valence-electron chi connectivity index (χ2n) is 3.13. The van der Waals surface area contributed by atoms with Gasteiger partial charge in [0.1, 0.15) is 0 Å². The molecule has 0 radical (unpaired) electrons. The summed E-state index contributed by atoms with van der Waals surface area (Å²) in [4.78, 5) is 0. The van der Waals surface area contributed by atoms with E-state index in [1.54, 1.807) is 6.66 Å². The molecular formula is C11H12Cl2Hf. The molecule has 0 spiro atoms. The van der Waals surface area contributed by atoms with Crippen LogP contribution in [0.15, 0.2) is 43.1 Å². The molecule has 2 aliphatic carbocycles. The molecule has 3 heteroatoms. The molecule has 0 bridgehead atoms. The third kappa shape index (κ3) is 3.15. The normalized spacial score (nSPS) is 16.2. The average molecular weight is 394 g/mol. The fraction of sp³-hybridized carbons (Fsp3) is 0.182. The number of hydrogen-bond donors (Lipinski definition) is 0. The summed E-state index contributed by atoms with van der Waals surface area (Å²) >= 11 is -1.68. The van der Waals surface area contributed by atoms with Gasteiger partial charge in [-0.3, -0.25) is 0 Å². The van der Waals surface area contributed by atoms with E-state index in [-0.39, 0.29) is 24.8 Å². The van der Waals surface area contributed by atoms with Gasteiger partial charge in [-0.05, 0) is 0 Å². The summed E-state index contributed by atoms with van der Waals surface area (Å²) in [6, 6.07) is 0. The van der Waals surface area contributed by atoms with Crippen LogP contribution >= 0.6 is 0 Å². The monoisotopic (exact) mass is 394 g/mol. The summed E-state index contributed by atoms with van der Waals surface area (Å²) in [5.41, 5.74) is 0. The zero-order valence-electron chi connectivity index (χ0n) is 7.84. The van der Waals surface area contributed by atoms with Crippen molar-refractivity contribution in [1.82, 2.24) is 0 Å². The van der Waals surface area contributed by atoms with E-state index in [2.05, 4.69) is 40.7 Å². The molecule has 2 rings (SSSR count). The van der Waals surface area contributed by atoms with Crippen LogP contribution in [0.1, 0.15) is 12.8 Å². The van der Waals surface area contributed by atoms with E-state index >= 15 is 0 Å². The summed E-state index contributed by atoms with van der Waals surface area (Å²) in [5.74, 6) is 0. The van der Waals surface area contributed by atoms with Gasteiger partial charge in [-0.1, -0.05) is 0 Å². The van der Waals surface area contributed by atoms with Crippen molar-refractivity contribution in [3.63, 3.8) is 0 Å². The number of halogens is 2. The molecule has 14 heavy (non-hydrogen) atoms. The minimum absolute atomic E-state index is 0. The van der Waals surface area contributed by atoms with Crippen LogP contribution in [0.3, 0.4) is 0 Å². The molecule has 0 aromatic carbocycles. The Labute approximate surface area is 105 Å². The first-order valence-electron chi connectivity index (χ1n) is 4.29. The van der Waals surface area contributed by atoms with Crippen LogP contribution in [0.4, 0.5) is 0 Å². The number of allylic oxidation sites excluding steroid dienone is 8. The molecule has 2 aliphatic rings. The Morgan fingerprint density at radius 1 is 0.929 bits per heavy atom. The standard InChI is InChI=1S/2C5H5.CH2.2ClH.Hf/c2*1-2-4-5-3-1;;;;/h2*1-3H,4H2;1H2;2*1H;/q;;;;;+2/p-2. The zero-order valence-corrected chi connectivity index (χ0v) is 12.9. The van der Waals surface area contributed by atoms with Crippen LogP contribution in [-0.4, -0.2) is 4.26 Å². The van der Waals surface area contributed by atoms with Crippen molar-refractivity contribution in [2.45, 2.75) is 12.8 Å². The molecule has 0 heterocycles. The van der Waals surface area contributed by atoms with Crippen LogP contribution < -0.4 is 24.8 Å². The quantitative estimate of drug-likeness (QED) is 0.432. The molecular weight excluding hydrogens is 382 g/mol. The predicted molar refractivity (Wildman–Crippen MR) is 50.8 cm³/mol. The molecule has 0 unspecified atom stereocenters. The largest absolute Gasteiger partial charge is 1.00 e. The Balaban J connectivity index is 0.000000845. The molecule has 0 saturated carbocycles. The molecule has 0 nitrogen and oxygen atoms in total. The average Bonchev–Trinajstić information content (AvgIpc) is 2.77. The first-order valence-corrected chi connectivity index (χ1v) is 10.4. The van der Waals surface area contributed by atoms with Gasteiger partial charge in [0.15, 0.2) is 0 Å². The van der Waals surface area contributed by atoms with E-state index in [4.69, 9.17) is 0 Å². The number of rotatable bonds is 2. The van der Waals surface area contributed by atoms with Gasteiger partial charge in [0, 0.05) is 0 Å². The Bertz CT molecular complexity index is 303. The maximum absolute atomic E-state index is 4.40. The van der Waals surface area contributed by atoms with Crippen LogP contribution in [0.25, 0.3) is 0 Å². The smallest absolute Gasteiger partial charge is 1.00 e. The van der Waals surface area contributed by atoms with Gasteiger partial charge in [-0.15, -0.1) is 0 Å². The minimum atomic E-state index is -1.68. The van der Waals surface area contributed by atoms with Crippen molar-refractivity contribution in [2.75, 3.05) is 0 Å². The van der Waals surface area contributed by atoms with Gasteiger partial charge in [0.2, 0.25) is 0 Å². The Morgan fingerprint density at radius 3 is 1.64 bits per heavy atom. The molecule has 0 atom stereocenters. The third-order valence-electron chi connectivity index (χ3n) is 2.32. The van der Waals surface area contributed by atoms with Gasteiger partial charge >= 0.3 is 81.2 Å². The summed E-state index contributed by atoms with van der Waals surface area (Å²) in [6.45, 7) is 0. The third-order valence-corrected chi connectivity index (χ3v) is 10.6. The number of hydrogen-bond acceptors (Lipinski definition) is 0. The van der Waals surface area contributed by atoms with E-state index in [1.165, 1.54) is 12.8 Å². The second-order valence-corrected chi connectivity index (χ2v) is 11.2. The fourth-order valence-corrected chi connectivity index (χ4v) is 7.78. The fourth-order valence-electron chi connectivity index (χ4n) is 1.55. The van der Waals surface area contributed by atoms with E-state index in [9.17, 15) is 0 Å². The summed E-state index contributed by atoms with van der Waals surface area (Å²) in [5, 5.41) is 0. The van der Waals surface area contributed by atoms with E-state index in [1.807, 2.05) is 0 Å².